The number of nitrogens with zero attached hydrogens (tertiary/aromatic N) is 6. The van der Waals surface area contributed by atoms with Gasteiger partial charge >= 0.3 is 0 Å². The first-order chi connectivity index (χ1) is 10.8. The van der Waals surface area contributed by atoms with E-state index in [9.17, 15) is 4.79 Å². The van der Waals surface area contributed by atoms with Crippen LogP contribution in [0.5, 0.6) is 0 Å². The van der Waals surface area contributed by atoms with Gasteiger partial charge < -0.3 is 9.47 Å². The second kappa shape index (κ2) is 6.72. The van der Waals surface area contributed by atoms with Gasteiger partial charge in [-0.1, -0.05) is 0 Å². The second-order valence-corrected chi connectivity index (χ2v) is 5.66. The topological polar surface area (TPSA) is 68.8 Å². The summed E-state index contributed by atoms with van der Waals surface area (Å²) in [5.74, 6) is 1.64. The van der Waals surface area contributed by atoms with E-state index in [2.05, 4.69) is 26.6 Å². The van der Waals surface area contributed by atoms with E-state index in [4.69, 9.17) is 0 Å². The highest BCUT2D eigenvalue weighted by Gasteiger charge is 2.26. The molecule has 0 saturated carbocycles. The standard InChI is InChI=1S/C15H22N6O/c1-2-19-9-6-17-15(19)13-4-3-7-20(10-13)14(22)5-8-21-12-16-11-18-21/h6,9,11-13H,2-5,7-8,10H2,1H3/t13-/m0/s1. The third-order valence-electron chi connectivity index (χ3n) is 4.25. The molecule has 1 aliphatic heterocycles. The van der Waals surface area contributed by atoms with Crippen LogP contribution in [-0.4, -0.2) is 48.2 Å². The lowest BCUT2D eigenvalue weighted by atomic mass is 9.97. The maximum absolute atomic E-state index is 12.4. The summed E-state index contributed by atoms with van der Waals surface area (Å²) in [5, 5.41) is 4.03. The van der Waals surface area contributed by atoms with Crippen LogP contribution in [0.3, 0.4) is 0 Å². The van der Waals surface area contributed by atoms with Crippen LogP contribution in [0.4, 0.5) is 0 Å². The number of imidazole rings is 1. The number of aromatic nitrogens is 5. The summed E-state index contributed by atoms with van der Waals surface area (Å²) in [6.07, 6.45) is 9.61. The number of aryl methyl sites for hydroxylation is 2. The van der Waals surface area contributed by atoms with E-state index in [0.29, 0.717) is 18.9 Å². The van der Waals surface area contributed by atoms with Crippen molar-refractivity contribution in [3.8, 4) is 0 Å². The number of rotatable bonds is 5. The van der Waals surface area contributed by atoms with Crippen LogP contribution in [0.2, 0.25) is 0 Å². The predicted molar refractivity (Wildman–Crippen MR) is 81.1 cm³/mol. The lowest BCUT2D eigenvalue weighted by Crippen LogP contribution is -2.40. The monoisotopic (exact) mass is 302 g/mol. The van der Waals surface area contributed by atoms with E-state index in [1.807, 2.05) is 17.3 Å². The molecule has 0 unspecified atom stereocenters. The third-order valence-corrected chi connectivity index (χ3v) is 4.25. The largest absolute Gasteiger partial charge is 0.342 e. The highest BCUT2D eigenvalue weighted by molar-refractivity contribution is 5.76. The fourth-order valence-electron chi connectivity index (χ4n) is 3.08. The summed E-state index contributed by atoms with van der Waals surface area (Å²) >= 11 is 0. The molecule has 0 aromatic carbocycles. The van der Waals surface area contributed by atoms with Crippen LogP contribution in [0.15, 0.2) is 25.0 Å². The number of piperidine rings is 1. The lowest BCUT2D eigenvalue weighted by Gasteiger charge is -2.32. The maximum atomic E-state index is 12.4. The first kappa shape index (κ1) is 14.7. The molecule has 0 aliphatic carbocycles. The number of hydrogen-bond acceptors (Lipinski definition) is 4. The van der Waals surface area contributed by atoms with Gasteiger partial charge in [0.2, 0.25) is 5.91 Å². The normalized spacial score (nSPS) is 18.6. The smallest absolute Gasteiger partial charge is 0.224 e. The summed E-state index contributed by atoms with van der Waals surface area (Å²) in [6.45, 7) is 5.25. The first-order valence-electron chi connectivity index (χ1n) is 7.89. The van der Waals surface area contributed by atoms with Crippen molar-refractivity contribution in [1.29, 1.82) is 0 Å². The average molecular weight is 302 g/mol. The van der Waals surface area contributed by atoms with Crippen molar-refractivity contribution in [3.05, 3.63) is 30.9 Å². The van der Waals surface area contributed by atoms with Crippen LogP contribution in [0, 0.1) is 0 Å². The lowest BCUT2D eigenvalue weighted by molar-refractivity contribution is -0.132. The molecule has 0 N–H and O–H groups in total. The molecule has 2 aromatic rings. The van der Waals surface area contributed by atoms with Gasteiger partial charge in [-0.2, -0.15) is 5.10 Å². The molecular weight excluding hydrogens is 280 g/mol. The van der Waals surface area contributed by atoms with Gasteiger partial charge in [-0.15, -0.1) is 0 Å². The number of carbonyl (C=O) groups is 1. The molecule has 1 amide bonds. The molecule has 1 aliphatic rings. The number of carbonyl (C=O) groups excluding carboxylic acids is 1. The zero-order valence-corrected chi connectivity index (χ0v) is 12.9. The van der Waals surface area contributed by atoms with E-state index in [1.165, 1.54) is 6.33 Å². The van der Waals surface area contributed by atoms with Gasteiger partial charge in [0, 0.05) is 44.4 Å². The Balaban J connectivity index is 1.59. The zero-order valence-electron chi connectivity index (χ0n) is 12.9. The molecule has 3 heterocycles. The van der Waals surface area contributed by atoms with Crippen molar-refractivity contribution in [2.45, 2.75) is 45.2 Å². The van der Waals surface area contributed by atoms with E-state index in [-0.39, 0.29) is 5.91 Å². The number of amides is 1. The fraction of sp³-hybridized carbons (Fsp3) is 0.600. The fourth-order valence-corrected chi connectivity index (χ4v) is 3.08. The molecule has 2 aromatic heterocycles. The van der Waals surface area contributed by atoms with Gasteiger partial charge in [0.05, 0.1) is 6.54 Å². The van der Waals surface area contributed by atoms with E-state index in [0.717, 1.165) is 38.3 Å². The molecule has 22 heavy (non-hydrogen) atoms. The summed E-state index contributed by atoms with van der Waals surface area (Å²) in [4.78, 5) is 22.8. The third kappa shape index (κ3) is 3.18. The van der Waals surface area contributed by atoms with Gasteiger partial charge in [0.25, 0.3) is 0 Å². The predicted octanol–water partition coefficient (Wildman–Crippen LogP) is 1.29. The SMILES string of the molecule is CCn1ccnc1[C@H]1CCCN(C(=O)CCn2cncn2)C1. The molecule has 1 fully saturated rings. The zero-order chi connectivity index (χ0) is 15.4. The van der Waals surface area contributed by atoms with Crippen molar-refractivity contribution in [2.75, 3.05) is 13.1 Å². The van der Waals surface area contributed by atoms with Crippen molar-refractivity contribution in [3.63, 3.8) is 0 Å². The molecular formula is C15H22N6O. The number of likely N-dealkylation sites (tertiary alicyclic amines) is 1. The molecule has 118 valence electrons. The number of hydrogen-bond donors (Lipinski definition) is 0. The molecule has 1 atom stereocenters. The summed E-state index contributed by atoms with van der Waals surface area (Å²) < 4.78 is 3.87. The summed E-state index contributed by atoms with van der Waals surface area (Å²) in [6, 6.07) is 0. The van der Waals surface area contributed by atoms with Gasteiger partial charge in [-0.3, -0.25) is 9.48 Å². The summed E-state index contributed by atoms with van der Waals surface area (Å²) in [5.41, 5.74) is 0. The van der Waals surface area contributed by atoms with Crippen molar-refractivity contribution < 1.29 is 4.79 Å². The Bertz CT molecular complexity index is 605. The second-order valence-electron chi connectivity index (χ2n) is 5.66. The van der Waals surface area contributed by atoms with Crippen LogP contribution >= 0.6 is 0 Å². The maximum Gasteiger partial charge on any atom is 0.224 e. The Hall–Kier alpha value is -2.18. The van der Waals surface area contributed by atoms with Gasteiger partial charge in [0.15, 0.2) is 0 Å². The minimum Gasteiger partial charge on any atom is -0.342 e. The molecule has 7 heteroatoms. The highest BCUT2D eigenvalue weighted by Crippen LogP contribution is 2.26. The first-order valence-corrected chi connectivity index (χ1v) is 7.89. The molecule has 0 bridgehead atoms. The van der Waals surface area contributed by atoms with E-state index in [1.54, 1.807) is 11.0 Å². The Morgan fingerprint density at radius 3 is 3.14 bits per heavy atom. The van der Waals surface area contributed by atoms with E-state index >= 15 is 0 Å². The van der Waals surface area contributed by atoms with Crippen molar-refractivity contribution in [1.82, 2.24) is 29.2 Å². The van der Waals surface area contributed by atoms with Crippen molar-refractivity contribution in [2.24, 2.45) is 0 Å². The van der Waals surface area contributed by atoms with Gasteiger partial charge in [-0.05, 0) is 19.8 Å². The minimum atomic E-state index is 0.190. The van der Waals surface area contributed by atoms with Crippen LogP contribution in [0.25, 0.3) is 0 Å². The Morgan fingerprint density at radius 1 is 1.45 bits per heavy atom. The van der Waals surface area contributed by atoms with Gasteiger partial charge in [0.1, 0.15) is 18.5 Å². The van der Waals surface area contributed by atoms with Crippen LogP contribution in [-0.2, 0) is 17.9 Å². The van der Waals surface area contributed by atoms with Gasteiger partial charge in [-0.25, -0.2) is 9.97 Å². The summed E-state index contributed by atoms with van der Waals surface area (Å²) in [7, 11) is 0. The van der Waals surface area contributed by atoms with Crippen LogP contribution in [0.1, 0.15) is 37.9 Å². The Morgan fingerprint density at radius 2 is 2.36 bits per heavy atom. The minimum absolute atomic E-state index is 0.190. The molecule has 7 nitrogen and oxygen atoms in total. The van der Waals surface area contributed by atoms with Crippen molar-refractivity contribution >= 4 is 5.91 Å². The Labute approximate surface area is 130 Å². The quantitative estimate of drug-likeness (QED) is 0.834. The van der Waals surface area contributed by atoms with Crippen LogP contribution < -0.4 is 0 Å². The highest BCUT2D eigenvalue weighted by atomic mass is 16.2. The van der Waals surface area contributed by atoms with E-state index < -0.39 is 0 Å². The molecule has 3 rings (SSSR count). The molecule has 0 spiro atoms. The molecule has 0 radical (unpaired) electrons. The Kier molecular flexibility index (Phi) is 4.50. The average Bonchev–Trinajstić information content (AvgIpc) is 3.23. The molecule has 1 saturated heterocycles.